The van der Waals surface area contributed by atoms with Crippen molar-refractivity contribution in [3.63, 3.8) is 0 Å². The van der Waals surface area contributed by atoms with Crippen LogP contribution in [-0.2, 0) is 12.1 Å². The fourth-order valence-electron chi connectivity index (χ4n) is 2.99. The van der Waals surface area contributed by atoms with E-state index in [9.17, 15) is 9.18 Å². The van der Waals surface area contributed by atoms with Crippen LogP contribution >= 0.6 is 11.6 Å². The van der Waals surface area contributed by atoms with Gasteiger partial charge in [0.1, 0.15) is 11.6 Å². The van der Waals surface area contributed by atoms with Crippen molar-refractivity contribution in [1.82, 2.24) is 15.3 Å². The van der Waals surface area contributed by atoms with Gasteiger partial charge in [0.15, 0.2) is 11.5 Å². The maximum Gasteiger partial charge on any atom is 0.258 e. The minimum absolute atomic E-state index is 0.277. The molecule has 3 rings (SSSR count). The Morgan fingerprint density at radius 3 is 2.50 bits per heavy atom. The number of aromatic nitrogens is 2. The van der Waals surface area contributed by atoms with E-state index in [1.54, 1.807) is 18.2 Å². The lowest BCUT2D eigenvalue weighted by Crippen LogP contribution is -2.37. The number of hydrogen-bond donors (Lipinski definition) is 2. The summed E-state index contributed by atoms with van der Waals surface area (Å²) in [6.45, 7) is 4.11. The van der Waals surface area contributed by atoms with Gasteiger partial charge in [-0.05, 0) is 37.6 Å². The molecule has 0 radical (unpaired) electrons. The van der Waals surface area contributed by atoms with Crippen LogP contribution in [0.3, 0.4) is 0 Å². The summed E-state index contributed by atoms with van der Waals surface area (Å²) in [7, 11) is 3.03. The maximum atomic E-state index is 13.3. The van der Waals surface area contributed by atoms with Gasteiger partial charge >= 0.3 is 0 Å². The van der Waals surface area contributed by atoms with E-state index in [-0.39, 0.29) is 12.1 Å². The maximum absolute atomic E-state index is 13.3. The molecule has 0 fully saturated rings. The Morgan fingerprint density at radius 1 is 1.18 bits per heavy atom. The van der Waals surface area contributed by atoms with Crippen LogP contribution in [0.25, 0.3) is 10.9 Å². The second-order valence-corrected chi connectivity index (χ2v) is 7.25. The molecule has 0 aliphatic carbocycles. The van der Waals surface area contributed by atoms with Crippen LogP contribution in [0.4, 0.5) is 4.39 Å². The first-order chi connectivity index (χ1) is 13.2. The van der Waals surface area contributed by atoms with Crippen LogP contribution in [-0.4, -0.2) is 24.2 Å². The highest BCUT2D eigenvalue weighted by Gasteiger charge is 2.23. The fraction of sp³-hybridized carbons (Fsp3) is 0.300. The van der Waals surface area contributed by atoms with Gasteiger partial charge in [-0.3, -0.25) is 4.79 Å². The summed E-state index contributed by atoms with van der Waals surface area (Å²) in [5, 5.41) is 4.03. The summed E-state index contributed by atoms with van der Waals surface area (Å²) in [5.41, 5.74) is 0.386. The number of ether oxygens (including phenoxy) is 2. The molecule has 2 aromatic carbocycles. The van der Waals surface area contributed by atoms with Gasteiger partial charge in [-0.1, -0.05) is 17.7 Å². The molecular formula is C20H21ClFN3O3. The van der Waals surface area contributed by atoms with E-state index in [2.05, 4.69) is 15.3 Å². The van der Waals surface area contributed by atoms with E-state index in [4.69, 9.17) is 21.1 Å². The van der Waals surface area contributed by atoms with Gasteiger partial charge in [0, 0.05) is 16.6 Å². The summed E-state index contributed by atoms with van der Waals surface area (Å²) in [4.78, 5) is 19.7. The number of halogens is 2. The van der Waals surface area contributed by atoms with Crippen molar-refractivity contribution < 1.29 is 13.9 Å². The average molecular weight is 406 g/mol. The number of benzene rings is 2. The van der Waals surface area contributed by atoms with Crippen molar-refractivity contribution in [3.05, 3.63) is 62.9 Å². The molecule has 1 heterocycles. The molecule has 6 nitrogen and oxygen atoms in total. The summed E-state index contributed by atoms with van der Waals surface area (Å²) in [6, 6.07) is 7.53. The monoisotopic (exact) mass is 405 g/mol. The highest BCUT2D eigenvalue weighted by atomic mass is 35.5. The van der Waals surface area contributed by atoms with E-state index in [1.807, 2.05) is 13.8 Å². The number of nitrogens with zero attached hydrogens (tertiary/aromatic N) is 1. The van der Waals surface area contributed by atoms with E-state index in [0.29, 0.717) is 33.2 Å². The average Bonchev–Trinajstić information content (AvgIpc) is 2.65. The summed E-state index contributed by atoms with van der Waals surface area (Å²) < 4.78 is 23.8. The van der Waals surface area contributed by atoms with Crippen LogP contribution in [0.15, 0.2) is 35.1 Å². The van der Waals surface area contributed by atoms with Crippen LogP contribution in [0, 0.1) is 5.82 Å². The van der Waals surface area contributed by atoms with Crippen LogP contribution in [0.2, 0.25) is 5.02 Å². The Bertz CT molecular complexity index is 1080. The molecule has 1 aromatic heterocycles. The lowest BCUT2D eigenvalue weighted by atomic mass is 9.94. The highest BCUT2D eigenvalue weighted by Crippen LogP contribution is 2.30. The molecule has 0 spiro atoms. The molecule has 8 heteroatoms. The van der Waals surface area contributed by atoms with Crippen LogP contribution < -0.4 is 20.3 Å². The van der Waals surface area contributed by atoms with Crippen molar-refractivity contribution >= 4 is 22.5 Å². The third-order valence-electron chi connectivity index (χ3n) is 4.56. The predicted octanol–water partition coefficient (Wildman–Crippen LogP) is 3.76. The summed E-state index contributed by atoms with van der Waals surface area (Å²) >= 11 is 6.18. The number of aromatic amines is 1. The van der Waals surface area contributed by atoms with E-state index in [1.165, 1.54) is 26.4 Å². The number of rotatable bonds is 6. The number of nitrogens with one attached hydrogen (secondary N) is 2. The number of methoxy groups -OCH3 is 2. The number of fused-ring (bicyclic) bond motifs is 1. The van der Waals surface area contributed by atoms with Crippen molar-refractivity contribution in [2.75, 3.05) is 14.2 Å². The van der Waals surface area contributed by atoms with Crippen LogP contribution in [0.1, 0.15) is 25.2 Å². The number of hydrogen-bond acceptors (Lipinski definition) is 5. The Hall–Kier alpha value is -2.64. The number of H-pyrrole nitrogens is 1. The highest BCUT2D eigenvalue weighted by molar-refractivity contribution is 6.31. The smallest absolute Gasteiger partial charge is 0.258 e. The molecule has 0 aliphatic rings. The lowest BCUT2D eigenvalue weighted by molar-refractivity contribution is 0.355. The molecule has 0 saturated heterocycles. The third-order valence-corrected chi connectivity index (χ3v) is 4.87. The SMILES string of the molecule is COc1cc2nc(CNC(C)(C)c3ccc(F)cc3Cl)[nH]c(=O)c2cc1OC. The predicted molar refractivity (Wildman–Crippen MR) is 107 cm³/mol. The first-order valence-electron chi connectivity index (χ1n) is 8.60. The largest absolute Gasteiger partial charge is 0.493 e. The van der Waals surface area contributed by atoms with Gasteiger partial charge in [-0.2, -0.15) is 0 Å². The van der Waals surface area contributed by atoms with E-state index in [0.717, 1.165) is 5.56 Å². The Morgan fingerprint density at radius 2 is 1.86 bits per heavy atom. The van der Waals surface area contributed by atoms with Crippen LogP contribution in [0.5, 0.6) is 11.5 Å². The Labute approximate surface area is 166 Å². The second kappa shape index (κ2) is 7.77. The minimum Gasteiger partial charge on any atom is -0.493 e. The third kappa shape index (κ3) is 3.95. The molecule has 2 N–H and O–H groups in total. The molecule has 28 heavy (non-hydrogen) atoms. The molecule has 0 amide bonds. The van der Waals surface area contributed by atoms with Gasteiger partial charge in [-0.15, -0.1) is 0 Å². The molecule has 0 aliphatic heterocycles. The minimum atomic E-state index is -0.574. The normalized spacial score (nSPS) is 11.6. The molecule has 0 atom stereocenters. The first kappa shape index (κ1) is 20.1. The quantitative estimate of drug-likeness (QED) is 0.653. The van der Waals surface area contributed by atoms with Gasteiger partial charge in [0.2, 0.25) is 0 Å². The topological polar surface area (TPSA) is 76.2 Å². The molecule has 3 aromatic rings. The van der Waals surface area contributed by atoms with Gasteiger partial charge in [0.25, 0.3) is 5.56 Å². The van der Waals surface area contributed by atoms with Crippen molar-refractivity contribution in [1.29, 1.82) is 0 Å². The Balaban J connectivity index is 1.91. The fourth-order valence-corrected chi connectivity index (χ4v) is 3.40. The zero-order valence-corrected chi connectivity index (χ0v) is 16.8. The molecule has 0 unspecified atom stereocenters. The first-order valence-corrected chi connectivity index (χ1v) is 8.98. The second-order valence-electron chi connectivity index (χ2n) is 6.84. The van der Waals surface area contributed by atoms with E-state index >= 15 is 0 Å². The summed E-state index contributed by atoms with van der Waals surface area (Å²) in [5.74, 6) is 1.01. The van der Waals surface area contributed by atoms with Crippen molar-refractivity contribution in [2.45, 2.75) is 25.9 Å². The van der Waals surface area contributed by atoms with Crippen molar-refractivity contribution in [3.8, 4) is 11.5 Å². The molecular weight excluding hydrogens is 385 g/mol. The zero-order valence-electron chi connectivity index (χ0n) is 16.0. The summed E-state index contributed by atoms with van der Waals surface area (Å²) in [6.07, 6.45) is 0. The molecule has 0 bridgehead atoms. The molecule has 148 valence electrons. The lowest BCUT2D eigenvalue weighted by Gasteiger charge is -2.28. The van der Waals surface area contributed by atoms with E-state index < -0.39 is 11.4 Å². The van der Waals surface area contributed by atoms with Crippen molar-refractivity contribution in [2.24, 2.45) is 0 Å². The van der Waals surface area contributed by atoms with Gasteiger partial charge in [0.05, 0.1) is 31.7 Å². The molecule has 0 saturated carbocycles. The van der Waals surface area contributed by atoms with Gasteiger partial charge < -0.3 is 19.8 Å². The standard InChI is InChI=1S/C20H21ClFN3O3/c1-20(2,13-6-5-11(22)7-14(13)21)23-10-18-24-15-9-17(28-4)16(27-3)8-12(15)19(26)25-18/h5-9,23H,10H2,1-4H3,(H,24,25,26). The zero-order chi connectivity index (χ0) is 20.5. The Kier molecular flexibility index (Phi) is 5.58. The van der Waals surface area contributed by atoms with Gasteiger partial charge in [-0.25, -0.2) is 9.37 Å².